The number of esters is 1. The number of nitrogens with one attached hydrogen (secondary N) is 1. The lowest BCUT2D eigenvalue weighted by Gasteiger charge is -2.33. The average molecular weight is 346 g/mol. The number of benzene rings is 2. The van der Waals surface area contributed by atoms with Gasteiger partial charge in [-0.1, -0.05) is 29.8 Å². The summed E-state index contributed by atoms with van der Waals surface area (Å²) in [7, 11) is 1.51. The first-order valence-corrected chi connectivity index (χ1v) is 7.77. The van der Waals surface area contributed by atoms with Crippen molar-refractivity contribution in [1.82, 2.24) is 0 Å². The molecular formula is C18H16ClNO4. The van der Waals surface area contributed by atoms with E-state index in [9.17, 15) is 9.59 Å². The smallest absolute Gasteiger partial charge is 0.339 e. The Hall–Kier alpha value is -2.53. The number of cyclic esters (lactones) is 1. The van der Waals surface area contributed by atoms with Crippen LogP contribution < -0.4 is 10.1 Å². The number of hydrogen-bond donors (Lipinski definition) is 1. The highest BCUT2D eigenvalue weighted by atomic mass is 35.5. The Morgan fingerprint density at radius 2 is 2.04 bits per heavy atom. The molecule has 0 fully saturated rings. The van der Waals surface area contributed by atoms with Crippen molar-refractivity contribution in [1.29, 1.82) is 0 Å². The van der Waals surface area contributed by atoms with Crippen LogP contribution in [0.1, 0.15) is 22.8 Å². The molecule has 3 rings (SSSR count). The third-order valence-corrected chi connectivity index (χ3v) is 4.27. The van der Waals surface area contributed by atoms with Gasteiger partial charge in [0.2, 0.25) is 0 Å². The van der Waals surface area contributed by atoms with E-state index in [0.29, 0.717) is 28.4 Å². The molecule has 5 nitrogen and oxygen atoms in total. The van der Waals surface area contributed by atoms with Gasteiger partial charge in [0.15, 0.2) is 5.60 Å². The predicted octanol–water partition coefficient (Wildman–Crippen LogP) is 3.46. The highest BCUT2D eigenvalue weighted by molar-refractivity contribution is 6.32. The summed E-state index contributed by atoms with van der Waals surface area (Å²) < 4.78 is 10.5. The minimum atomic E-state index is -1.28. The van der Waals surface area contributed by atoms with Crippen molar-refractivity contribution in [2.45, 2.75) is 18.9 Å². The van der Waals surface area contributed by atoms with Gasteiger partial charge in [0.05, 0.1) is 17.7 Å². The normalized spacial score (nSPS) is 19.2. The van der Waals surface area contributed by atoms with Gasteiger partial charge in [-0.05, 0) is 36.8 Å². The lowest BCUT2D eigenvalue weighted by Crippen LogP contribution is -2.48. The third-order valence-electron chi connectivity index (χ3n) is 3.97. The van der Waals surface area contributed by atoms with Gasteiger partial charge in [0.25, 0.3) is 5.91 Å². The summed E-state index contributed by atoms with van der Waals surface area (Å²) in [5, 5.41) is 3.12. The van der Waals surface area contributed by atoms with Crippen LogP contribution in [-0.4, -0.2) is 24.6 Å². The summed E-state index contributed by atoms with van der Waals surface area (Å²) in [5.41, 5.74) is 0.508. The SMILES string of the molecule is COc1ccc(NC(=O)[C@@]2(C)Cc3ccccc3C(=O)O2)cc1Cl. The Bertz CT molecular complexity index is 820. The Morgan fingerprint density at radius 1 is 1.29 bits per heavy atom. The van der Waals surface area contributed by atoms with E-state index in [4.69, 9.17) is 21.1 Å². The molecule has 0 aliphatic carbocycles. The molecule has 124 valence electrons. The lowest BCUT2D eigenvalue weighted by atomic mass is 9.89. The Kier molecular flexibility index (Phi) is 4.20. The number of ether oxygens (including phenoxy) is 2. The zero-order valence-electron chi connectivity index (χ0n) is 13.3. The first-order chi connectivity index (χ1) is 11.4. The number of amides is 1. The van der Waals surface area contributed by atoms with Crippen LogP contribution in [0, 0.1) is 0 Å². The highest BCUT2D eigenvalue weighted by Gasteiger charge is 2.42. The third kappa shape index (κ3) is 2.95. The Labute approximate surface area is 144 Å². The molecular weight excluding hydrogens is 330 g/mol. The fourth-order valence-electron chi connectivity index (χ4n) is 2.67. The molecule has 0 saturated carbocycles. The molecule has 0 unspecified atom stereocenters. The number of rotatable bonds is 3. The van der Waals surface area contributed by atoms with Crippen LogP contribution in [0.5, 0.6) is 5.75 Å². The topological polar surface area (TPSA) is 64.6 Å². The van der Waals surface area contributed by atoms with Gasteiger partial charge in [-0.15, -0.1) is 0 Å². The molecule has 24 heavy (non-hydrogen) atoms. The molecule has 6 heteroatoms. The second-order valence-electron chi connectivity index (χ2n) is 5.76. The minimum Gasteiger partial charge on any atom is -0.495 e. The molecule has 1 atom stereocenters. The van der Waals surface area contributed by atoms with Crippen molar-refractivity contribution in [3.05, 3.63) is 58.6 Å². The largest absolute Gasteiger partial charge is 0.495 e. The molecule has 0 radical (unpaired) electrons. The van der Waals surface area contributed by atoms with Gasteiger partial charge in [-0.25, -0.2) is 4.79 Å². The maximum absolute atomic E-state index is 12.6. The van der Waals surface area contributed by atoms with E-state index in [1.54, 1.807) is 37.3 Å². The number of anilines is 1. The summed E-state index contributed by atoms with van der Waals surface area (Å²) in [6, 6.07) is 12.0. The molecule has 0 bridgehead atoms. The molecule has 1 heterocycles. The van der Waals surface area contributed by atoms with Gasteiger partial charge < -0.3 is 14.8 Å². The molecule has 2 aromatic carbocycles. The van der Waals surface area contributed by atoms with Crippen molar-refractivity contribution < 1.29 is 19.1 Å². The second-order valence-corrected chi connectivity index (χ2v) is 6.16. The van der Waals surface area contributed by atoms with Crippen LogP contribution in [-0.2, 0) is 16.0 Å². The van der Waals surface area contributed by atoms with Crippen molar-refractivity contribution in [3.8, 4) is 5.75 Å². The zero-order valence-corrected chi connectivity index (χ0v) is 14.0. The van der Waals surface area contributed by atoms with Crippen LogP contribution in [0.3, 0.4) is 0 Å². The number of halogens is 1. The molecule has 1 aliphatic heterocycles. The first-order valence-electron chi connectivity index (χ1n) is 7.39. The van der Waals surface area contributed by atoms with Crippen LogP contribution in [0.4, 0.5) is 5.69 Å². The standard InChI is InChI=1S/C18H16ClNO4/c1-18(10-11-5-3-4-6-13(11)16(21)24-18)17(22)20-12-7-8-15(23-2)14(19)9-12/h3-9H,10H2,1-2H3,(H,20,22)/t18-/m1/s1. The number of carbonyl (C=O) groups is 2. The maximum atomic E-state index is 12.6. The van der Waals surface area contributed by atoms with E-state index >= 15 is 0 Å². The molecule has 1 aliphatic rings. The predicted molar refractivity (Wildman–Crippen MR) is 90.6 cm³/mol. The van der Waals surface area contributed by atoms with E-state index in [0.717, 1.165) is 5.56 Å². The van der Waals surface area contributed by atoms with Gasteiger partial charge in [-0.2, -0.15) is 0 Å². The number of carbonyl (C=O) groups excluding carboxylic acids is 2. The molecule has 0 spiro atoms. The minimum absolute atomic E-state index is 0.310. The van der Waals surface area contributed by atoms with Gasteiger partial charge >= 0.3 is 5.97 Å². The molecule has 0 aromatic heterocycles. The van der Waals surface area contributed by atoms with E-state index in [1.165, 1.54) is 7.11 Å². The van der Waals surface area contributed by atoms with E-state index in [2.05, 4.69) is 5.32 Å². The summed E-state index contributed by atoms with van der Waals surface area (Å²) in [5.74, 6) is -0.396. The second kappa shape index (κ2) is 6.17. The van der Waals surface area contributed by atoms with Crippen LogP contribution >= 0.6 is 11.6 Å². The summed E-state index contributed by atoms with van der Waals surface area (Å²) in [6.45, 7) is 1.60. The quantitative estimate of drug-likeness (QED) is 0.865. The number of hydrogen-bond acceptors (Lipinski definition) is 4. The van der Waals surface area contributed by atoms with E-state index in [-0.39, 0.29) is 0 Å². The first kappa shape index (κ1) is 16.3. The summed E-state index contributed by atoms with van der Waals surface area (Å²) in [4.78, 5) is 24.8. The number of methoxy groups -OCH3 is 1. The van der Waals surface area contributed by atoms with Gasteiger partial charge in [0.1, 0.15) is 5.75 Å². The van der Waals surface area contributed by atoms with Gasteiger partial charge in [0, 0.05) is 12.1 Å². The van der Waals surface area contributed by atoms with Crippen molar-refractivity contribution in [3.63, 3.8) is 0 Å². The van der Waals surface area contributed by atoms with Crippen LogP contribution in [0.2, 0.25) is 5.02 Å². The molecule has 1 N–H and O–H groups in total. The van der Waals surface area contributed by atoms with Crippen molar-refractivity contribution in [2.75, 3.05) is 12.4 Å². The van der Waals surface area contributed by atoms with Crippen LogP contribution in [0.25, 0.3) is 0 Å². The average Bonchev–Trinajstić information content (AvgIpc) is 2.55. The van der Waals surface area contributed by atoms with Crippen LogP contribution in [0.15, 0.2) is 42.5 Å². The summed E-state index contributed by atoms with van der Waals surface area (Å²) >= 11 is 6.06. The molecule has 1 amide bonds. The number of fused-ring (bicyclic) bond motifs is 1. The molecule has 0 saturated heterocycles. The lowest BCUT2D eigenvalue weighted by molar-refractivity contribution is -0.134. The highest BCUT2D eigenvalue weighted by Crippen LogP contribution is 2.31. The maximum Gasteiger partial charge on any atom is 0.339 e. The zero-order chi connectivity index (χ0) is 17.3. The van der Waals surface area contributed by atoms with E-state index in [1.807, 2.05) is 12.1 Å². The Morgan fingerprint density at radius 3 is 2.75 bits per heavy atom. The van der Waals surface area contributed by atoms with Crippen molar-refractivity contribution in [2.24, 2.45) is 0 Å². The summed E-state index contributed by atoms with van der Waals surface area (Å²) in [6.07, 6.45) is 0.310. The molecule has 2 aromatic rings. The van der Waals surface area contributed by atoms with E-state index < -0.39 is 17.5 Å². The Balaban J connectivity index is 1.82. The fourth-order valence-corrected chi connectivity index (χ4v) is 2.92. The van der Waals surface area contributed by atoms with Crippen molar-refractivity contribution >= 4 is 29.2 Å². The fraction of sp³-hybridized carbons (Fsp3) is 0.222. The van der Waals surface area contributed by atoms with Gasteiger partial charge in [-0.3, -0.25) is 4.79 Å². The monoisotopic (exact) mass is 345 g/mol.